The van der Waals surface area contributed by atoms with Gasteiger partial charge in [-0.2, -0.15) is 0 Å². The van der Waals surface area contributed by atoms with Gasteiger partial charge in [-0.15, -0.1) is 0 Å². The molecule has 1 aliphatic heterocycles. The van der Waals surface area contributed by atoms with Gasteiger partial charge in [-0.05, 0) is 30.9 Å². The van der Waals surface area contributed by atoms with Crippen LogP contribution in [0.3, 0.4) is 0 Å². The van der Waals surface area contributed by atoms with Crippen LogP contribution in [0, 0.1) is 5.92 Å². The number of carbonyl (C=O) groups is 2. The van der Waals surface area contributed by atoms with Gasteiger partial charge < -0.3 is 15.0 Å². The van der Waals surface area contributed by atoms with Crippen molar-refractivity contribution in [3.05, 3.63) is 24.3 Å². The number of nitrogens with one attached hydrogen (secondary N) is 1. The molecule has 1 aliphatic rings. The molecule has 1 aromatic carbocycles. The molecule has 1 atom stereocenters. The van der Waals surface area contributed by atoms with Crippen LogP contribution in [0.15, 0.2) is 24.3 Å². The molecule has 1 unspecified atom stereocenters. The molecule has 2 amide bonds. The molecule has 108 valence electrons. The number of aromatic nitrogens is 1. The fraction of sp³-hybridized carbons (Fsp3) is 0.429. The van der Waals surface area contributed by atoms with Crippen molar-refractivity contribution in [3.63, 3.8) is 0 Å². The number of aromatic amines is 1. The van der Waals surface area contributed by atoms with E-state index in [0.29, 0.717) is 19.0 Å². The van der Waals surface area contributed by atoms with E-state index in [2.05, 4.69) is 23.4 Å². The van der Waals surface area contributed by atoms with Gasteiger partial charge in [-0.1, -0.05) is 30.6 Å². The van der Waals surface area contributed by atoms with Crippen molar-refractivity contribution in [2.24, 2.45) is 11.7 Å². The van der Waals surface area contributed by atoms with Crippen LogP contribution >= 0.6 is 11.5 Å². The zero-order valence-electron chi connectivity index (χ0n) is 11.5. The van der Waals surface area contributed by atoms with E-state index in [1.54, 1.807) is 11.5 Å². The second kappa shape index (κ2) is 6.56. The third-order valence-corrected chi connectivity index (χ3v) is 4.21. The lowest BCUT2D eigenvalue weighted by Gasteiger charge is -2.29. The molecular weight excluding hydrogens is 274 g/mol. The summed E-state index contributed by atoms with van der Waals surface area (Å²) in [6.07, 6.45) is 2.10. The summed E-state index contributed by atoms with van der Waals surface area (Å²) in [5.41, 5.74) is 6.14. The number of carbonyl (C=O) groups excluding carboxylic acids is 2. The first kappa shape index (κ1) is 14.6. The maximum Gasteiger partial charge on any atom is 0.311 e. The number of piperidine rings is 1. The number of H-pyrrole nitrogens is 1. The first-order valence-electron chi connectivity index (χ1n) is 6.68. The zero-order chi connectivity index (χ0) is 14.5. The van der Waals surface area contributed by atoms with Crippen LogP contribution in [-0.4, -0.2) is 34.2 Å². The minimum atomic E-state index is -0.843. The third-order valence-electron chi connectivity index (χ3n) is 3.31. The molecule has 0 spiro atoms. The van der Waals surface area contributed by atoms with Gasteiger partial charge in [-0.3, -0.25) is 9.59 Å². The second-order valence-corrected chi connectivity index (χ2v) is 5.91. The Hall–Kier alpha value is -1.82. The molecular formula is C14H19N3O2S. The number of para-hydroxylation sites is 1. The Morgan fingerprint density at radius 2 is 2.15 bits per heavy atom. The average Bonchev–Trinajstić information content (AvgIpc) is 2.40. The van der Waals surface area contributed by atoms with Crippen LogP contribution in [0.25, 0.3) is 10.2 Å². The summed E-state index contributed by atoms with van der Waals surface area (Å²) in [4.78, 5) is 23.2. The van der Waals surface area contributed by atoms with Crippen LogP contribution in [0.4, 0.5) is 0 Å². The van der Waals surface area contributed by atoms with Gasteiger partial charge in [0.2, 0.25) is 0 Å². The highest BCUT2D eigenvalue weighted by Gasteiger charge is 2.23. The first-order chi connectivity index (χ1) is 9.58. The van der Waals surface area contributed by atoms with Gasteiger partial charge in [0, 0.05) is 13.1 Å². The van der Waals surface area contributed by atoms with Gasteiger partial charge in [0.25, 0.3) is 0 Å². The van der Waals surface area contributed by atoms with Crippen LogP contribution < -0.4 is 5.73 Å². The van der Waals surface area contributed by atoms with Crippen LogP contribution in [-0.2, 0) is 9.59 Å². The van der Waals surface area contributed by atoms with Crippen molar-refractivity contribution in [1.29, 1.82) is 0 Å². The Kier molecular flexibility index (Phi) is 4.79. The fourth-order valence-electron chi connectivity index (χ4n) is 2.23. The Morgan fingerprint density at radius 3 is 2.60 bits per heavy atom. The molecule has 0 bridgehead atoms. The molecule has 0 saturated carbocycles. The summed E-state index contributed by atoms with van der Waals surface area (Å²) in [5, 5.41) is 0. The number of nitrogens with zero attached hydrogens (tertiary/aromatic N) is 1. The number of amides is 2. The quantitative estimate of drug-likeness (QED) is 0.728. The fourth-order valence-corrected chi connectivity index (χ4v) is 2.85. The van der Waals surface area contributed by atoms with Crippen molar-refractivity contribution >= 4 is 33.6 Å². The number of hydrogen-bond donors (Lipinski definition) is 2. The Balaban J connectivity index is 0.000000157. The van der Waals surface area contributed by atoms with E-state index in [9.17, 15) is 9.59 Å². The summed E-state index contributed by atoms with van der Waals surface area (Å²) in [6.45, 7) is 3.41. The number of rotatable bonds is 0. The molecule has 1 fully saturated rings. The Morgan fingerprint density at radius 1 is 1.40 bits per heavy atom. The van der Waals surface area contributed by atoms with Crippen molar-refractivity contribution in [1.82, 2.24) is 9.27 Å². The summed E-state index contributed by atoms with van der Waals surface area (Å²) >= 11 is 1.68. The number of fused-ring (bicyclic) bond motifs is 1. The molecule has 1 aromatic heterocycles. The molecule has 3 N–H and O–H groups in total. The standard InChI is InChI=1S/C8H14N2O2.C6H5NS/c1-6-3-2-4-10(5-6)8(12)7(9)11;1-2-4-6-5(3-1)7-8-6/h6H,2-5H2,1H3,(H2,9,11);1-4,7H. The van der Waals surface area contributed by atoms with Crippen molar-refractivity contribution < 1.29 is 9.59 Å². The smallest absolute Gasteiger partial charge is 0.311 e. The highest BCUT2D eigenvalue weighted by molar-refractivity contribution is 7.15. The molecule has 0 radical (unpaired) electrons. The van der Waals surface area contributed by atoms with E-state index in [-0.39, 0.29) is 0 Å². The number of nitrogens with two attached hydrogens (primary N) is 1. The molecule has 2 heterocycles. The second-order valence-electron chi connectivity index (χ2n) is 5.06. The molecule has 20 heavy (non-hydrogen) atoms. The van der Waals surface area contributed by atoms with Gasteiger partial charge in [-0.25, -0.2) is 0 Å². The van der Waals surface area contributed by atoms with Crippen molar-refractivity contribution in [2.75, 3.05) is 13.1 Å². The lowest BCUT2D eigenvalue weighted by molar-refractivity contribution is -0.145. The Labute approximate surface area is 121 Å². The van der Waals surface area contributed by atoms with Crippen LogP contribution in [0.2, 0.25) is 0 Å². The number of likely N-dealkylation sites (tertiary alicyclic amines) is 1. The molecule has 5 nitrogen and oxygen atoms in total. The number of hydrogen-bond acceptors (Lipinski definition) is 3. The van der Waals surface area contributed by atoms with Crippen molar-refractivity contribution in [2.45, 2.75) is 19.8 Å². The summed E-state index contributed by atoms with van der Waals surface area (Å²) < 4.78 is 4.46. The van der Waals surface area contributed by atoms with E-state index in [1.807, 2.05) is 12.1 Å². The first-order valence-corrected chi connectivity index (χ1v) is 7.50. The maximum absolute atomic E-state index is 11.1. The average molecular weight is 293 g/mol. The van der Waals surface area contributed by atoms with Gasteiger partial charge in [0.15, 0.2) is 0 Å². The minimum absolute atomic E-state index is 0.488. The zero-order valence-corrected chi connectivity index (χ0v) is 12.3. The van der Waals surface area contributed by atoms with E-state index >= 15 is 0 Å². The third kappa shape index (κ3) is 3.60. The van der Waals surface area contributed by atoms with E-state index in [0.717, 1.165) is 12.8 Å². The van der Waals surface area contributed by atoms with E-state index < -0.39 is 11.8 Å². The molecule has 0 aliphatic carbocycles. The van der Waals surface area contributed by atoms with Crippen LogP contribution in [0.1, 0.15) is 19.8 Å². The lowest BCUT2D eigenvalue weighted by Crippen LogP contribution is -2.45. The SMILES string of the molecule is CC1CCCN(C(=O)C(N)=O)C1.c1ccc2s[nH]c2c1. The number of benzene rings is 1. The Bertz CT molecular complexity index is 560. The predicted octanol–water partition coefficient (Wildman–Crippen LogP) is 1.96. The van der Waals surface area contributed by atoms with Gasteiger partial charge in [0.05, 0.1) is 10.2 Å². The van der Waals surface area contributed by atoms with Gasteiger partial charge >= 0.3 is 11.8 Å². The lowest BCUT2D eigenvalue weighted by atomic mass is 10.0. The highest BCUT2D eigenvalue weighted by atomic mass is 32.1. The summed E-state index contributed by atoms with van der Waals surface area (Å²) in [6, 6.07) is 8.26. The molecule has 3 rings (SSSR count). The van der Waals surface area contributed by atoms with E-state index in [1.165, 1.54) is 15.1 Å². The van der Waals surface area contributed by atoms with E-state index in [4.69, 9.17) is 5.73 Å². The monoisotopic (exact) mass is 293 g/mol. The predicted molar refractivity (Wildman–Crippen MR) is 80.3 cm³/mol. The highest BCUT2D eigenvalue weighted by Crippen LogP contribution is 2.17. The largest absolute Gasteiger partial charge is 0.361 e. The van der Waals surface area contributed by atoms with Crippen molar-refractivity contribution in [3.8, 4) is 0 Å². The topological polar surface area (TPSA) is 79.2 Å². The van der Waals surface area contributed by atoms with Gasteiger partial charge in [0.1, 0.15) is 0 Å². The number of primary amides is 1. The summed E-state index contributed by atoms with van der Waals surface area (Å²) in [7, 11) is 0. The maximum atomic E-state index is 11.1. The normalized spacial score (nSPS) is 18.4. The molecule has 1 saturated heterocycles. The summed E-state index contributed by atoms with van der Waals surface area (Å²) in [5.74, 6) is -0.896. The minimum Gasteiger partial charge on any atom is -0.361 e. The molecule has 2 aromatic rings. The molecule has 6 heteroatoms. The van der Waals surface area contributed by atoms with Crippen LogP contribution in [0.5, 0.6) is 0 Å².